The largest absolute Gasteiger partial charge is 0.411 e. The third-order valence-electron chi connectivity index (χ3n) is 2.90. The maximum atomic E-state index is 9.10. The second kappa shape index (κ2) is 7.48. The van der Waals surface area contributed by atoms with Gasteiger partial charge in [0.25, 0.3) is 0 Å². The van der Waals surface area contributed by atoms with Gasteiger partial charge in [0.1, 0.15) is 11.4 Å². The highest BCUT2D eigenvalue weighted by molar-refractivity contribution is 6.48. The molecule has 0 aliphatic carbocycles. The minimum absolute atomic E-state index is 0.341. The van der Waals surface area contributed by atoms with Gasteiger partial charge < -0.3 is 10.4 Å². The van der Waals surface area contributed by atoms with Crippen molar-refractivity contribution in [3.05, 3.63) is 35.4 Å². The smallest absolute Gasteiger partial charge is 0.134 e. The average molecular weight is 248 g/mol. The average Bonchev–Trinajstić information content (AvgIpc) is 2.43. The van der Waals surface area contributed by atoms with Crippen LogP contribution in [0.3, 0.4) is 0 Å². The van der Waals surface area contributed by atoms with E-state index in [9.17, 15) is 0 Å². The van der Waals surface area contributed by atoms with Crippen LogP contribution in [0.1, 0.15) is 44.2 Å². The van der Waals surface area contributed by atoms with Crippen LogP contribution in [-0.4, -0.2) is 21.8 Å². The van der Waals surface area contributed by atoms with E-state index in [4.69, 9.17) is 10.4 Å². The second-order valence-electron chi connectivity index (χ2n) is 4.15. The lowest BCUT2D eigenvalue weighted by Gasteiger charge is -2.07. The van der Waals surface area contributed by atoms with Crippen LogP contribution in [0.25, 0.3) is 0 Å². The molecule has 0 heterocycles. The van der Waals surface area contributed by atoms with E-state index in [0.717, 1.165) is 24.8 Å². The number of nitrogens with zero attached hydrogens (tertiary/aromatic N) is 2. The van der Waals surface area contributed by atoms with Crippen LogP contribution in [0.4, 0.5) is 0 Å². The summed E-state index contributed by atoms with van der Waals surface area (Å²) in [5, 5.41) is 24.6. The van der Waals surface area contributed by atoms with Crippen LogP contribution < -0.4 is 0 Å². The molecule has 0 spiro atoms. The molecule has 0 atom stereocenters. The first-order valence-electron chi connectivity index (χ1n) is 6.29. The molecule has 4 nitrogen and oxygen atoms in total. The molecule has 1 rings (SSSR count). The molecule has 0 saturated carbocycles. The van der Waals surface area contributed by atoms with Crippen LogP contribution in [0.2, 0.25) is 0 Å². The summed E-state index contributed by atoms with van der Waals surface area (Å²) in [6.45, 7) is 4.14. The lowest BCUT2D eigenvalue weighted by atomic mass is 10.0. The Labute approximate surface area is 108 Å². The molecule has 0 radical (unpaired) electrons. The van der Waals surface area contributed by atoms with Crippen molar-refractivity contribution in [2.45, 2.75) is 39.5 Å². The van der Waals surface area contributed by atoms with Crippen molar-refractivity contribution in [1.82, 2.24) is 0 Å². The highest BCUT2D eigenvalue weighted by atomic mass is 16.4. The summed E-state index contributed by atoms with van der Waals surface area (Å²) in [5.74, 6) is 0. The summed E-state index contributed by atoms with van der Waals surface area (Å²) < 4.78 is 0. The molecule has 4 heteroatoms. The van der Waals surface area contributed by atoms with Crippen LogP contribution in [0.15, 0.2) is 34.6 Å². The number of oxime groups is 2. The molecule has 0 amide bonds. The third kappa shape index (κ3) is 3.58. The summed E-state index contributed by atoms with van der Waals surface area (Å²) in [4.78, 5) is 0. The Kier molecular flexibility index (Phi) is 5.91. The topological polar surface area (TPSA) is 65.2 Å². The minimum Gasteiger partial charge on any atom is -0.411 e. The molecule has 0 aliphatic rings. The summed E-state index contributed by atoms with van der Waals surface area (Å²) >= 11 is 0. The van der Waals surface area contributed by atoms with Crippen molar-refractivity contribution < 1.29 is 10.4 Å². The number of hydrogen-bond donors (Lipinski definition) is 2. The van der Waals surface area contributed by atoms with Crippen LogP contribution >= 0.6 is 0 Å². The Morgan fingerprint density at radius 2 is 1.72 bits per heavy atom. The van der Waals surface area contributed by atoms with Crippen molar-refractivity contribution in [1.29, 1.82) is 0 Å². The van der Waals surface area contributed by atoms with Gasteiger partial charge in [-0.3, -0.25) is 0 Å². The van der Waals surface area contributed by atoms with E-state index in [0.29, 0.717) is 17.8 Å². The van der Waals surface area contributed by atoms with Gasteiger partial charge >= 0.3 is 0 Å². The molecule has 18 heavy (non-hydrogen) atoms. The van der Waals surface area contributed by atoms with Crippen molar-refractivity contribution in [3.63, 3.8) is 0 Å². The Morgan fingerprint density at radius 3 is 2.17 bits per heavy atom. The summed E-state index contributed by atoms with van der Waals surface area (Å²) in [6, 6.07) is 7.72. The monoisotopic (exact) mass is 248 g/mol. The first kappa shape index (κ1) is 14.2. The minimum atomic E-state index is 0.341. The van der Waals surface area contributed by atoms with E-state index in [1.165, 1.54) is 5.56 Å². The summed E-state index contributed by atoms with van der Waals surface area (Å²) in [5.41, 5.74) is 2.74. The Morgan fingerprint density at radius 1 is 1.06 bits per heavy atom. The lowest BCUT2D eigenvalue weighted by molar-refractivity contribution is 0.313. The molecule has 0 saturated heterocycles. The summed E-state index contributed by atoms with van der Waals surface area (Å²) in [6.07, 6.45) is 3.45. The molecule has 2 N–H and O–H groups in total. The molecule has 0 aliphatic heterocycles. The quantitative estimate of drug-likeness (QED) is 0.460. The Hall–Kier alpha value is -1.84. The molecule has 1 aromatic rings. The van der Waals surface area contributed by atoms with Crippen LogP contribution in [0.5, 0.6) is 0 Å². The van der Waals surface area contributed by atoms with Crippen molar-refractivity contribution >= 4 is 11.4 Å². The number of unbranched alkanes of at least 4 members (excludes halogenated alkanes) is 1. The first-order chi connectivity index (χ1) is 8.76. The van der Waals surface area contributed by atoms with Gasteiger partial charge in [0.05, 0.1) is 0 Å². The van der Waals surface area contributed by atoms with Gasteiger partial charge in [-0.1, -0.05) is 54.8 Å². The van der Waals surface area contributed by atoms with E-state index in [-0.39, 0.29) is 0 Å². The van der Waals surface area contributed by atoms with E-state index >= 15 is 0 Å². The van der Waals surface area contributed by atoms with Crippen molar-refractivity contribution in [3.8, 4) is 0 Å². The van der Waals surface area contributed by atoms with E-state index in [2.05, 4.69) is 24.2 Å². The zero-order valence-electron chi connectivity index (χ0n) is 10.9. The molecule has 0 fully saturated rings. The second-order valence-corrected chi connectivity index (χ2v) is 4.15. The van der Waals surface area contributed by atoms with Gasteiger partial charge in [0.2, 0.25) is 0 Å². The zero-order valence-corrected chi connectivity index (χ0v) is 10.9. The van der Waals surface area contributed by atoms with Gasteiger partial charge in [-0.25, -0.2) is 0 Å². The molecule has 1 aromatic carbocycles. The first-order valence-corrected chi connectivity index (χ1v) is 6.29. The highest BCUT2D eigenvalue weighted by Gasteiger charge is 2.13. The number of rotatable bonds is 6. The number of hydrogen-bond acceptors (Lipinski definition) is 4. The predicted octanol–water partition coefficient (Wildman–Crippen LogP) is 3.45. The molecular weight excluding hydrogens is 228 g/mol. The molecule has 0 unspecified atom stereocenters. The van der Waals surface area contributed by atoms with E-state index in [1.807, 2.05) is 24.3 Å². The van der Waals surface area contributed by atoms with E-state index in [1.54, 1.807) is 0 Å². The van der Waals surface area contributed by atoms with Gasteiger partial charge in [0.15, 0.2) is 0 Å². The normalized spacial score (nSPS) is 12.8. The SMILES string of the molecule is CCCCC(=N\O)/C(=N\O)c1ccc(CC)cc1. The fraction of sp³-hybridized carbons (Fsp3) is 0.429. The van der Waals surface area contributed by atoms with Gasteiger partial charge in [-0.2, -0.15) is 0 Å². The standard InChI is InChI=1S/C14H20N2O2/c1-3-5-6-13(15-17)14(16-18)12-9-7-11(4-2)8-10-12/h7-10,17-18H,3-6H2,1-2H3/b15-13+,16-14-. The number of benzene rings is 1. The molecule has 98 valence electrons. The molecule has 0 aromatic heterocycles. The van der Waals surface area contributed by atoms with Crippen LogP contribution in [0, 0.1) is 0 Å². The maximum Gasteiger partial charge on any atom is 0.134 e. The zero-order chi connectivity index (χ0) is 13.4. The summed E-state index contributed by atoms with van der Waals surface area (Å²) in [7, 11) is 0. The Balaban J connectivity index is 2.94. The van der Waals surface area contributed by atoms with Gasteiger partial charge in [-0.15, -0.1) is 0 Å². The fourth-order valence-electron chi connectivity index (χ4n) is 1.74. The Bertz CT molecular complexity index is 422. The maximum absolute atomic E-state index is 9.10. The molecule has 0 bridgehead atoms. The van der Waals surface area contributed by atoms with E-state index < -0.39 is 0 Å². The lowest BCUT2D eigenvalue weighted by Crippen LogP contribution is -2.16. The van der Waals surface area contributed by atoms with Gasteiger partial charge in [0, 0.05) is 5.56 Å². The fourth-order valence-corrected chi connectivity index (χ4v) is 1.74. The highest BCUT2D eigenvalue weighted by Crippen LogP contribution is 2.10. The van der Waals surface area contributed by atoms with Crippen LogP contribution in [-0.2, 0) is 6.42 Å². The van der Waals surface area contributed by atoms with Crippen molar-refractivity contribution in [2.24, 2.45) is 10.3 Å². The number of aryl methyl sites for hydroxylation is 1. The third-order valence-corrected chi connectivity index (χ3v) is 2.90. The van der Waals surface area contributed by atoms with Crippen molar-refractivity contribution in [2.75, 3.05) is 0 Å². The predicted molar refractivity (Wildman–Crippen MR) is 72.9 cm³/mol. The van der Waals surface area contributed by atoms with Gasteiger partial charge in [-0.05, 0) is 24.8 Å². The molecular formula is C14H20N2O2.